The van der Waals surface area contributed by atoms with E-state index in [-0.39, 0.29) is 6.04 Å². The molecule has 1 fully saturated rings. The summed E-state index contributed by atoms with van der Waals surface area (Å²) in [6.45, 7) is 1.54. The summed E-state index contributed by atoms with van der Waals surface area (Å²) in [5, 5.41) is 14.0. The van der Waals surface area contributed by atoms with Crippen molar-refractivity contribution < 1.29 is 19.1 Å². The van der Waals surface area contributed by atoms with E-state index in [1.54, 1.807) is 19.1 Å². The van der Waals surface area contributed by atoms with Crippen molar-refractivity contribution in [2.75, 3.05) is 7.11 Å². The summed E-state index contributed by atoms with van der Waals surface area (Å²) >= 11 is 0. The van der Waals surface area contributed by atoms with E-state index < -0.39 is 18.0 Å². The number of urea groups is 1. The lowest BCUT2D eigenvalue weighted by Gasteiger charge is -2.23. The van der Waals surface area contributed by atoms with Crippen molar-refractivity contribution in [1.82, 2.24) is 10.6 Å². The van der Waals surface area contributed by atoms with Gasteiger partial charge in [0, 0.05) is 12.1 Å². The van der Waals surface area contributed by atoms with Crippen molar-refractivity contribution in [2.45, 2.75) is 51.2 Å². The molecule has 134 valence electrons. The number of methoxy groups -OCH3 is 1. The van der Waals surface area contributed by atoms with Crippen molar-refractivity contribution in [3.8, 4) is 17.6 Å². The standard InChI is InChI=1S/C18H23N3O4/c1-12(25-15-9-8-13(11-19)10-16(15)24-2)17(22)21-18(23)20-14-6-4-3-5-7-14/h8-10,12,14H,3-7H2,1-2H3,(H2,20,21,22,23). The summed E-state index contributed by atoms with van der Waals surface area (Å²) in [7, 11) is 1.45. The predicted octanol–water partition coefficient (Wildman–Crippen LogP) is 2.49. The van der Waals surface area contributed by atoms with Gasteiger partial charge < -0.3 is 14.8 Å². The number of nitriles is 1. The van der Waals surface area contributed by atoms with Gasteiger partial charge in [0.25, 0.3) is 5.91 Å². The van der Waals surface area contributed by atoms with E-state index in [9.17, 15) is 9.59 Å². The molecule has 1 aromatic rings. The number of rotatable bonds is 5. The molecular weight excluding hydrogens is 322 g/mol. The van der Waals surface area contributed by atoms with E-state index in [1.807, 2.05) is 6.07 Å². The minimum Gasteiger partial charge on any atom is -0.493 e. The predicted molar refractivity (Wildman–Crippen MR) is 91.3 cm³/mol. The Morgan fingerprint density at radius 3 is 2.60 bits per heavy atom. The highest BCUT2D eigenvalue weighted by Gasteiger charge is 2.21. The summed E-state index contributed by atoms with van der Waals surface area (Å²) in [5.74, 6) is 0.141. The molecule has 0 radical (unpaired) electrons. The van der Waals surface area contributed by atoms with E-state index in [0.717, 1.165) is 25.7 Å². The SMILES string of the molecule is COc1cc(C#N)ccc1OC(C)C(=O)NC(=O)NC1CCCCC1. The molecule has 0 spiro atoms. The zero-order valence-corrected chi connectivity index (χ0v) is 14.5. The molecule has 3 amide bonds. The fourth-order valence-electron chi connectivity index (χ4n) is 2.76. The van der Waals surface area contributed by atoms with Crippen LogP contribution in [0.3, 0.4) is 0 Å². The van der Waals surface area contributed by atoms with Crippen molar-refractivity contribution >= 4 is 11.9 Å². The Hall–Kier alpha value is -2.75. The number of hydrogen-bond acceptors (Lipinski definition) is 5. The van der Waals surface area contributed by atoms with Crippen LogP contribution in [0.25, 0.3) is 0 Å². The van der Waals surface area contributed by atoms with Gasteiger partial charge in [-0.3, -0.25) is 10.1 Å². The Morgan fingerprint density at radius 2 is 1.96 bits per heavy atom. The van der Waals surface area contributed by atoms with E-state index >= 15 is 0 Å². The van der Waals surface area contributed by atoms with Crippen LogP contribution in [-0.4, -0.2) is 31.2 Å². The lowest BCUT2D eigenvalue weighted by Crippen LogP contribution is -2.48. The molecule has 2 N–H and O–H groups in total. The van der Waals surface area contributed by atoms with Crippen molar-refractivity contribution in [3.05, 3.63) is 23.8 Å². The molecule has 1 unspecified atom stereocenters. The Kier molecular flexibility index (Phi) is 6.63. The average Bonchev–Trinajstić information content (AvgIpc) is 2.62. The van der Waals surface area contributed by atoms with Crippen LogP contribution in [0.15, 0.2) is 18.2 Å². The fourth-order valence-corrected chi connectivity index (χ4v) is 2.76. The first-order valence-corrected chi connectivity index (χ1v) is 8.39. The Bertz CT molecular complexity index is 663. The highest BCUT2D eigenvalue weighted by Crippen LogP contribution is 2.28. The monoisotopic (exact) mass is 345 g/mol. The first-order valence-electron chi connectivity index (χ1n) is 8.39. The zero-order valence-electron chi connectivity index (χ0n) is 14.5. The molecule has 1 atom stereocenters. The Balaban J connectivity index is 1.89. The molecule has 0 heterocycles. The topological polar surface area (TPSA) is 100 Å². The fraction of sp³-hybridized carbons (Fsp3) is 0.500. The van der Waals surface area contributed by atoms with E-state index in [2.05, 4.69) is 10.6 Å². The molecule has 2 rings (SSSR count). The highest BCUT2D eigenvalue weighted by atomic mass is 16.5. The number of ether oxygens (including phenoxy) is 2. The van der Waals surface area contributed by atoms with Gasteiger partial charge >= 0.3 is 6.03 Å². The van der Waals surface area contributed by atoms with Crippen LogP contribution in [0.4, 0.5) is 4.79 Å². The number of carbonyl (C=O) groups excluding carboxylic acids is 2. The number of hydrogen-bond donors (Lipinski definition) is 2. The molecule has 0 saturated heterocycles. The summed E-state index contributed by atoms with van der Waals surface area (Å²) in [4.78, 5) is 24.1. The van der Waals surface area contributed by atoms with Crippen LogP contribution in [0.5, 0.6) is 11.5 Å². The maximum atomic E-state index is 12.1. The normalized spacial score (nSPS) is 15.6. The third kappa shape index (κ3) is 5.38. The van der Waals surface area contributed by atoms with E-state index in [1.165, 1.54) is 19.6 Å². The number of imide groups is 1. The average molecular weight is 345 g/mol. The third-order valence-corrected chi connectivity index (χ3v) is 4.14. The van der Waals surface area contributed by atoms with Crippen molar-refractivity contribution in [3.63, 3.8) is 0 Å². The number of nitrogens with zero attached hydrogens (tertiary/aromatic N) is 1. The van der Waals surface area contributed by atoms with Crippen LogP contribution >= 0.6 is 0 Å². The van der Waals surface area contributed by atoms with Crippen molar-refractivity contribution in [1.29, 1.82) is 5.26 Å². The van der Waals surface area contributed by atoms with Gasteiger partial charge in [0.1, 0.15) is 0 Å². The number of nitrogens with one attached hydrogen (secondary N) is 2. The Labute approximate surface area is 147 Å². The van der Waals surface area contributed by atoms with Crippen LogP contribution < -0.4 is 20.1 Å². The summed E-state index contributed by atoms with van der Waals surface area (Å²) in [5.41, 5.74) is 0.424. The lowest BCUT2D eigenvalue weighted by atomic mass is 9.96. The second-order valence-electron chi connectivity index (χ2n) is 6.04. The summed E-state index contributed by atoms with van der Waals surface area (Å²) < 4.78 is 10.7. The molecule has 0 aromatic heterocycles. The van der Waals surface area contributed by atoms with Gasteiger partial charge in [-0.25, -0.2) is 4.79 Å². The van der Waals surface area contributed by atoms with Crippen molar-refractivity contribution in [2.24, 2.45) is 0 Å². The minimum atomic E-state index is -0.890. The quantitative estimate of drug-likeness (QED) is 0.854. The van der Waals surface area contributed by atoms with Gasteiger partial charge in [-0.2, -0.15) is 5.26 Å². The van der Waals surface area contributed by atoms with Gasteiger partial charge in [-0.15, -0.1) is 0 Å². The number of carbonyl (C=O) groups is 2. The smallest absolute Gasteiger partial charge is 0.321 e. The van der Waals surface area contributed by atoms with E-state index in [4.69, 9.17) is 14.7 Å². The maximum Gasteiger partial charge on any atom is 0.321 e. The Morgan fingerprint density at radius 1 is 1.24 bits per heavy atom. The summed E-state index contributed by atoms with van der Waals surface area (Å²) in [6.07, 6.45) is 4.37. The zero-order chi connectivity index (χ0) is 18.2. The molecule has 1 aliphatic rings. The lowest BCUT2D eigenvalue weighted by molar-refractivity contribution is -0.126. The van der Waals surface area contributed by atoms with Gasteiger partial charge in [-0.1, -0.05) is 19.3 Å². The van der Waals surface area contributed by atoms with Crippen LogP contribution in [0, 0.1) is 11.3 Å². The first kappa shape index (κ1) is 18.6. The van der Waals surface area contributed by atoms with Gasteiger partial charge in [-0.05, 0) is 31.9 Å². The second kappa shape index (κ2) is 8.92. The molecule has 7 heteroatoms. The van der Waals surface area contributed by atoms with Gasteiger partial charge in [0.15, 0.2) is 17.6 Å². The van der Waals surface area contributed by atoms with Gasteiger partial charge in [0.2, 0.25) is 0 Å². The largest absolute Gasteiger partial charge is 0.493 e. The molecule has 7 nitrogen and oxygen atoms in total. The number of benzene rings is 1. The minimum absolute atomic E-state index is 0.122. The summed E-state index contributed by atoms with van der Waals surface area (Å²) in [6, 6.07) is 6.27. The van der Waals surface area contributed by atoms with E-state index in [0.29, 0.717) is 17.1 Å². The molecular formula is C18H23N3O4. The maximum absolute atomic E-state index is 12.1. The number of amides is 3. The molecule has 1 aliphatic carbocycles. The highest BCUT2D eigenvalue weighted by molar-refractivity contribution is 5.96. The first-order chi connectivity index (χ1) is 12.0. The van der Waals surface area contributed by atoms with Gasteiger partial charge in [0.05, 0.1) is 18.7 Å². The second-order valence-corrected chi connectivity index (χ2v) is 6.04. The van der Waals surface area contributed by atoms with Crippen LogP contribution in [0.2, 0.25) is 0 Å². The molecule has 0 aliphatic heterocycles. The molecule has 1 saturated carbocycles. The molecule has 25 heavy (non-hydrogen) atoms. The molecule has 0 bridgehead atoms. The third-order valence-electron chi connectivity index (χ3n) is 4.14. The van der Waals surface area contributed by atoms with Crippen LogP contribution in [0.1, 0.15) is 44.6 Å². The molecule has 1 aromatic carbocycles. The van der Waals surface area contributed by atoms with Crippen LogP contribution in [-0.2, 0) is 4.79 Å².